The molecular formula is C30H45N9O7. The van der Waals surface area contributed by atoms with Crippen molar-refractivity contribution < 1.29 is 34.2 Å². The number of aliphatic carboxylic acids is 1. The minimum absolute atomic E-state index is 0.0285. The number of carbonyl (C=O) groups excluding carboxylic acids is 4. The number of aromatic nitrogens is 1. The summed E-state index contributed by atoms with van der Waals surface area (Å²) >= 11 is 0. The summed E-state index contributed by atoms with van der Waals surface area (Å²) < 4.78 is 0. The van der Waals surface area contributed by atoms with Crippen LogP contribution in [0.25, 0.3) is 10.9 Å². The summed E-state index contributed by atoms with van der Waals surface area (Å²) in [6.45, 7) is 3.20. The lowest BCUT2D eigenvalue weighted by molar-refractivity contribution is -0.150. The van der Waals surface area contributed by atoms with E-state index in [4.69, 9.17) is 17.2 Å². The largest absolute Gasteiger partial charge is 0.480 e. The third kappa shape index (κ3) is 9.40. The first-order chi connectivity index (χ1) is 21.8. The van der Waals surface area contributed by atoms with Crippen LogP contribution < -0.4 is 33.2 Å². The van der Waals surface area contributed by atoms with Crippen molar-refractivity contribution in [3.63, 3.8) is 0 Å². The molecule has 0 spiro atoms. The highest BCUT2D eigenvalue weighted by Crippen LogP contribution is 2.21. The van der Waals surface area contributed by atoms with Crippen LogP contribution in [0.3, 0.4) is 0 Å². The zero-order chi connectivity index (χ0) is 34.0. The zero-order valence-electron chi connectivity index (χ0n) is 26.1. The van der Waals surface area contributed by atoms with Gasteiger partial charge in [0.1, 0.15) is 30.2 Å². The van der Waals surface area contributed by atoms with E-state index in [0.717, 1.165) is 10.9 Å². The second-order valence-electron chi connectivity index (χ2n) is 11.7. The molecule has 1 saturated heterocycles. The fraction of sp³-hybridized carbons (Fsp3) is 0.533. The number of fused-ring (bicyclic) bond motifs is 1. The molecule has 1 aliphatic rings. The van der Waals surface area contributed by atoms with Gasteiger partial charge in [-0.2, -0.15) is 0 Å². The Morgan fingerprint density at radius 1 is 1.04 bits per heavy atom. The Morgan fingerprint density at radius 2 is 1.72 bits per heavy atom. The first kappa shape index (κ1) is 35.8. The number of aliphatic imine (C=N–C) groups is 1. The number of rotatable bonds is 16. The van der Waals surface area contributed by atoms with E-state index in [2.05, 4.69) is 25.9 Å². The van der Waals surface area contributed by atoms with E-state index in [0.29, 0.717) is 18.4 Å². The molecule has 1 fully saturated rings. The molecule has 0 bridgehead atoms. The summed E-state index contributed by atoms with van der Waals surface area (Å²) in [5.41, 5.74) is 18.1. The van der Waals surface area contributed by atoms with Crippen molar-refractivity contribution in [2.24, 2.45) is 28.1 Å². The first-order valence-electron chi connectivity index (χ1n) is 15.2. The molecule has 4 amide bonds. The van der Waals surface area contributed by atoms with Crippen molar-refractivity contribution in [2.45, 2.75) is 76.2 Å². The number of carbonyl (C=O) groups is 5. The maximum atomic E-state index is 13.8. The first-order valence-corrected chi connectivity index (χ1v) is 15.2. The highest BCUT2D eigenvalue weighted by Gasteiger charge is 2.39. The molecule has 2 aromatic rings. The summed E-state index contributed by atoms with van der Waals surface area (Å²) in [6.07, 6.45) is 2.92. The number of nitrogens with two attached hydrogens (primary N) is 3. The Bertz CT molecular complexity index is 1420. The van der Waals surface area contributed by atoms with E-state index in [1.54, 1.807) is 20.0 Å². The molecule has 16 nitrogen and oxygen atoms in total. The van der Waals surface area contributed by atoms with Crippen LogP contribution in [0.1, 0.15) is 45.1 Å². The number of benzene rings is 1. The monoisotopic (exact) mass is 643 g/mol. The van der Waals surface area contributed by atoms with Crippen LogP contribution in [0.2, 0.25) is 0 Å². The maximum Gasteiger partial charge on any atom is 0.326 e. The fourth-order valence-corrected chi connectivity index (χ4v) is 5.37. The SMILES string of the molecule is CC(C)[C@H](NC(=O)[C@H](CCCN=C(N)N)NC(=O)[C@H](Cc1c[nH]c2ccccc12)NC(=O)[C@@H](N)CO)C(=O)N1CCC[C@H]1C(=O)O. The lowest BCUT2D eigenvalue weighted by Crippen LogP contribution is -2.59. The van der Waals surface area contributed by atoms with Gasteiger partial charge < -0.3 is 53.2 Å². The van der Waals surface area contributed by atoms with Gasteiger partial charge in [-0.05, 0) is 43.2 Å². The van der Waals surface area contributed by atoms with E-state index in [1.807, 2.05) is 24.3 Å². The average molecular weight is 644 g/mol. The number of aromatic amines is 1. The predicted molar refractivity (Wildman–Crippen MR) is 170 cm³/mol. The minimum atomic E-state index is -1.28. The standard InChI is InChI=1S/C30H45N9O7/c1-16(2)24(28(44)39-12-6-10-23(39)29(45)46)38-26(42)21(9-5-11-34-30(32)33)36-27(43)22(37-25(41)19(31)15-40)13-17-14-35-20-8-4-3-7-18(17)20/h3-4,7-8,14,16,19,21-24,35,40H,5-6,9-13,15,31H2,1-2H3,(H,36,43)(H,37,41)(H,38,42)(H,45,46)(H4,32,33,34)/t19-,21-,22-,23-,24-/m0/s1. The Morgan fingerprint density at radius 3 is 2.37 bits per heavy atom. The highest BCUT2D eigenvalue weighted by atomic mass is 16.4. The number of carboxylic acids is 1. The summed E-state index contributed by atoms with van der Waals surface area (Å²) in [5, 5.41) is 27.8. The van der Waals surface area contributed by atoms with Gasteiger partial charge in [-0.3, -0.25) is 24.2 Å². The molecule has 1 aromatic heterocycles. The predicted octanol–water partition coefficient (Wildman–Crippen LogP) is -1.73. The Kier molecular flexibility index (Phi) is 12.9. The van der Waals surface area contributed by atoms with Gasteiger partial charge in [-0.15, -0.1) is 0 Å². The molecule has 2 heterocycles. The van der Waals surface area contributed by atoms with E-state index in [-0.39, 0.29) is 38.3 Å². The van der Waals surface area contributed by atoms with E-state index < -0.39 is 72.3 Å². The molecular weight excluding hydrogens is 598 g/mol. The fourth-order valence-electron chi connectivity index (χ4n) is 5.37. The second kappa shape index (κ2) is 16.6. The number of hydrogen-bond acceptors (Lipinski definition) is 8. The second-order valence-corrected chi connectivity index (χ2v) is 11.7. The molecule has 1 aliphatic heterocycles. The number of likely N-dealkylation sites (tertiary alicyclic amines) is 1. The van der Waals surface area contributed by atoms with Crippen LogP contribution >= 0.6 is 0 Å². The van der Waals surface area contributed by atoms with Crippen molar-refractivity contribution in [2.75, 3.05) is 19.7 Å². The number of H-pyrrole nitrogens is 1. The van der Waals surface area contributed by atoms with Crippen LogP contribution in [-0.2, 0) is 30.4 Å². The quantitative estimate of drug-likeness (QED) is 0.0566. The molecule has 0 saturated carbocycles. The van der Waals surface area contributed by atoms with E-state index in [1.165, 1.54) is 4.90 Å². The van der Waals surface area contributed by atoms with Gasteiger partial charge in [0.25, 0.3) is 0 Å². The Labute approximate surface area is 266 Å². The number of para-hydroxylation sites is 1. The molecule has 0 radical (unpaired) electrons. The number of carboxylic acid groups (broad SMARTS) is 1. The third-order valence-electron chi connectivity index (χ3n) is 7.90. The van der Waals surface area contributed by atoms with E-state index >= 15 is 0 Å². The van der Waals surface area contributed by atoms with Crippen LogP contribution in [-0.4, -0.2) is 106 Å². The molecule has 46 heavy (non-hydrogen) atoms. The van der Waals surface area contributed by atoms with Crippen molar-refractivity contribution in [1.29, 1.82) is 0 Å². The minimum Gasteiger partial charge on any atom is -0.480 e. The van der Waals surface area contributed by atoms with Gasteiger partial charge >= 0.3 is 5.97 Å². The molecule has 12 N–H and O–H groups in total. The molecule has 252 valence electrons. The van der Waals surface area contributed by atoms with Gasteiger partial charge in [0.2, 0.25) is 23.6 Å². The summed E-state index contributed by atoms with van der Waals surface area (Å²) in [5.74, 6) is -4.34. The Hall–Kier alpha value is -4.70. The summed E-state index contributed by atoms with van der Waals surface area (Å²) in [4.78, 5) is 73.6. The van der Waals surface area contributed by atoms with Gasteiger partial charge in [-0.1, -0.05) is 32.0 Å². The topological polar surface area (TPSA) is 271 Å². The maximum absolute atomic E-state index is 13.8. The summed E-state index contributed by atoms with van der Waals surface area (Å²) in [6, 6.07) is 1.69. The van der Waals surface area contributed by atoms with Crippen LogP contribution in [0, 0.1) is 5.92 Å². The van der Waals surface area contributed by atoms with Crippen LogP contribution in [0.5, 0.6) is 0 Å². The van der Waals surface area contributed by atoms with Crippen molar-refractivity contribution in [1.82, 2.24) is 25.8 Å². The lowest BCUT2D eigenvalue weighted by atomic mass is 10.00. The highest BCUT2D eigenvalue weighted by molar-refractivity contribution is 5.96. The number of aliphatic hydroxyl groups excluding tert-OH is 1. The average Bonchev–Trinajstić information content (AvgIpc) is 3.67. The van der Waals surface area contributed by atoms with Gasteiger partial charge in [0.05, 0.1) is 6.61 Å². The molecule has 0 unspecified atom stereocenters. The van der Waals surface area contributed by atoms with Crippen molar-refractivity contribution >= 4 is 46.5 Å². The molecule has 1 aromatic carbocycles. The third-order valence-corrected chi connectivity index (χ3v) is 7.90. The molecule has 16 heteroatoms. The summed E-state index contributed by atoms with van der Waals surface area (Å²) in [7, 11) is 0. The van der Waals surface area contributed by atoms with E-state index in [9.17, 15) is 34.2 Å². The molecule has 5 atom stereocenters. The number of nitrogens with one attached hydrogen (secondary N) is 4. The number of aliphatic hydroxyl groups is 1. The molecule has 0 aliphatic carbocycles. The number of nitrogens with zero attached hydrogens (tertiary/aromatic N) is 2. The number of amides is 4. The number of guanidine groups is 1. The normalized spacial score (nSPS) is 17.2. The molecule has 3 rings (SSSR count). The van der Waals surface area contributed by atoms with Gasteiger partial charge in [-0.25, -0.2) is 4.79 Å². The van der Waals surface area contributed by atoms with Crippen LogP contribution in [0.15, 0.2) is 35.5 Å². The van der Waals surface area contributed by atoms with Crippen LogP contribution in [0.4, 0.5) is 0 Å². The van der Waals surface area contributed by atoms with Gasteiger partial charge in [0, 0.05) is 36.6 Å². The smallest absolute Gasteiger partial charge is 0.326 e. The van der Waals surface area contributed by atoms with Crippen molar-refractivity contribution in [3.8, 4) is 0 Å². The lowest BCUT2D eigenvalue weighted by Gasteiger charge is -2.31. The van der Waals surface area contributed by atoms with Crippen molar-refractivity contribution in [3.05, 3.63) is 36.0 Å². The zero-order valence-corrected chi connectivity index (χ0v) is 26.1. The van der Waals surface area contributed by atoms with Gasteiger partial charge in [0.15, 0.2) is 5.96 Å². The Balaban J connectivity index is 1.86. The number of hydrogen-bond donors (Lipinski definition) is 9.